The molecular formula is C36H46ClN3O5S. The van der Waals surface area contributed by atoms with E-state index in [9.17, 15) is 13.8 Å². The molecule has 8 nitrogen and oxygen atoms in total. The van der Waals surface area contributed by atoms with Crippen molar-refractivity contribution < 1.29 is 23.3 Å². The highest BCUT2D eigenvalue weighted by molar-refractivity contribution is 7.84. The first-order valence-corrected chi connectivity index (χ1v) is 18.0. The molecule has 4 aliphatic rings. The zero-order valence-electron chi connectivity index (χ0n) is 27.5. The van der Waals surface area contributed by atoms with E-state index in [0.29, 0.717) is 31.7 Å². The highest BCUT2D eigenvalue weighted by atomic mass is 35.5. The van der Waals surface area contributed by atoms with Gasteiger partial charge in [-0.3, -0.25) is 14.3 Å². The Bertz CT molecular complexity index is 1560. The second-order valence-electron chi connectivity index (χ2n) is 14.0. The van der Waals surface area contributed by atoms with Crippen molar-refractivity contribution in [2.75, 3.05) is 45.8 Å². The molecule has 2 bridgehead atoms. The van der Waals surface area contributed by atoms with E-state index >= 15 is 0 Å². The highest BCUT2D eigenvalue weighted by Gasteiger charge is 2.53. The summed E-state index contributed by atoms with van der Waals surface area (Å²) in [5, 5.41) is 0.432. The van der Waals surface area contributed by atoms with Crippen LogP contribution in [0.3, 0.4) is 0 Å². The number of halogens is 1. The molecule has 248 valence electrons. The predicted octanol–water partition coefficient (Wildman–Crippen LogP) is 5.69. The molecule has 2 aliphatic carbocycles. The van der Waals surface area contributed by atoms with Crippen molar-refractivity contribution in [3.8, 4) is 5.75 Å². The predicted molar refractivity (Wildman–Crippen MR) is 183 cm³/mol. The fourth-order valence-corrected chi connectivity index (χ4v) is 9.22. The number of nitrogens with zero attached hydrogens (tertiary/aromatic N) is 2. The molecule has 1 saturated carbocycles. The normalized spacial score (nSPS) is 33.4. The van der Waals surface area contributed by atoms with Crippen LogP contribution in [0.5, 0.6) is 5.75 Å². The standard InChI is InChI=1S/C36H46ClN3O5S/c1-23-8-6-17-36(44-5,34(42)39(3)4)30-13-10-27(30)20-40-21-35(16-7-9-25-18-28(37)12-14-29(25)35)22-45-32-15-11-26(19-31(32)40)33(41)38-46(43)24(23)2/h6,11-12,14-15,17-19,23-24,27,30H,7-10,13,16,20-22H2,1-5H3,(H,38,41)/b17-6+/t23?,24?,27?,30?,35-,36?,46?/m0/s1. The number of allylic oxidation sites excluding steroid dienone is 1. The van der Waals surface area contributed by atoms with Crippen LogP contribution in [0.25, 0.3) is 0 Å². The summed E-state index contributed by atoms with van der Waals surface area (Å²) >= 11 is 6.44. The molecule has 1 fully saturated rings. The lowest BCUT2D eigenvalue weighted by atomic mass is 9.63. The fourth-order valence-electron chi connectivity index (χ4n) is 8.00. The van der Waals surface area contributed by atoms with Crippen molar-refractivity contribution in [3.05, 3.63) is 70.3 Å². The smallest absolute Gasteiger partial charge is 0.263 e. The Balaban J connectivity index is 1.47. The van der Waals surface area contributed by atoms with E-state index in [-0.39, 0.29) is 40.2 Å². The second-order valence-corrected chi connectivity index (χ2v) is 16.0. The first-order valence-electron chi connectivity index (χ1n) is 16.4. The Morgan fingerprint density at radius 2 is 1.98 bits per heavy atom. The summed E-state index contributed by atoms with van der Waals surface area (Å²) < 4.78 is 28.9. The summed E-state index contributed by atoms with van der Waals surface area (Å²) in [7, 11) is 3.59. The maximum atomic E-state index is 13.9. The minimum Gasteiger partial charge on any atom is -0.490 e. The van der Waals surface area contributed by atoms with E-state index in [1.807, 2.05) is 44.2 Å². The average molecular weight is 668 g/mol. The Morgan fingerprint density at radius 1 is 1.17 bits per heavy atom. The van der Waals surface area contributed by atoms with E-state index < -0.39 is 16.6 Å². The van der Waals surface area contributed by atoms with Crippen LogP contribution >= 0.6 is 11.6 Å². The molecule has 0 radical (unpaired) electrons. The molecule has 7 atom stereocenters. The van der Waals surface area contributed by atoms with Crippen LogP contribution in [0.1, 0.15) is 67.4 Å². The first-order chi connectivity index (χ1) is 22.0. The number of likely N-dealkylation sites (N-methyl/N-ethyl adjacent to an activating group) is 1. The van der Waals surface area contributed by atoms with Gasteiger partial charge in [0.05, 0.1) is 17.5 Å². The Kier molecular flexibility index (Phi) is 9.31. The molecule has 2 aromatic rings. The minimum atomic E-state index is -1.60. The third-order valence-corrected chi connectivity index (χ3v) is 12.8. The fraction of sp³-hybridized carbons (Fsp3) is 0.556. The van der Waals surface area contributed by atoms with Gasteiger partial charge in [-0.05, 0) is 105 Å². The van der Waals surface area contributed by atoms with Gasteiger partial charge in [0.15, 0.2) is 5.60 Å². The minimum absolute atomic E-state index is 0.00753. The van der Waals surface area contributed by atoms with E-state index in [2.05, 4.69) is 21.8 Å². The second kappa shape index (κ2) is 13.0. The molecule has 6 unspecified atom stereocenters. The lowest BCUT2D eigenvalue weighted by Gasteiger charge is -2.50. The number of aryl methyl sites for hydroxylation is 1. The molecule has 0 saturated heterocycles. The maximum absolute atomic E-state index is 13.9. The quantitative estimate of drug-likeness (QED) is 0.414. The molecule has 1 N–H and O–H groups in total. The van der Waals surface area contributed by atoms with Gasteiger partial charge in [0.1, 0.15) is 16.7 Å². The number of hydrogen-bond acceptors (Lipinski definition) is 6. The zero-order chi connectivity index (χ0) is 32.8. The van der Waals surface area contributed by atoms with E-state index in [0.717, 1.165) is 48.6 Å². The maximum Gasteiger partial charge on any atom is 0.263 e. The van der Waals surface area contributed by atoms with Gasteiger partial charge in [-0.2, -0.15) is 0 Å². The summed E-state index contributed by atoms with van der Waals surface area (Å²) in [5.41, 5.74) is 2.42. The number of carbonyl (C=O) groups excluding carboxylic acids is 2. The van der Waals surface area contributed by atoms with Gasteiger partial charge in [-0.15, -0.1) is 0 Å². The van der Waals surface area contributed by atoms with Crippen LogP contribution in [0.15, 0.2) is 48.6 Å². The summed E-state index contributed by atoms with van der Waals surface area (Å²) in [5.74, 6) is 0.402. The topological polar surface area (TPSA) is 88.2 Å². The Morgan fingerprint density at radius 3 is 2.70 bits per heavy atom. The third kappa shape index (κ3) is 5.88. The molecule has 1 spiro atoms. The number of fused-ring (bicyclic) bond motifs is 4. The van der Waals surface area contributed by atoms with Crippen molar-refractivity contribution in [1.29, 1.82) is 0 Å². The summed E-state index contributed by atoms with van der Waals surface area (Å²) in [6.45, 7) is 5.78. The van der Waals surface area contributed by atoms with E-state index in [1.165, 1.54) is 11.1 Å². The summed E-state index contributed by atoms with van der Waals surface area (Å²) in [6, 6.07) is 11.7. The molecule has 10 heteroatoms. The summed E-state index contributed by atoms with van der Waals surface area (Å²) in [6.07, 6.45) is 9.34. The molecule has 2 amide bonds. The lowest BCUT2D eigenvalue weighted by Crippen LogP contribution is -2.59. The molecule has 6 rings (SSSR count). The van der Waals surface area contributed by atoms with Crippen molar-refractivity contribution in [1.82, 2.24) is 9.62 Å². The number of rotatable bonds is 2. The van der Waals surface area contributed by atoms with Crippen molar-refractivity contribution in [2.45, 2.75) is 68.6 Å². The molecule has 2 heterocycles. The van der Waals surface area contributed by atoms with E-state index in [1.54, 1.807) is 32.2 Å². The number of amides is 2. The van der Waals surface area contributed by atoms with Gasteiger partial charge in [0, 0.05) is 56.2 Å². The van der Waals surface area contributed by atoms with E-state index in [4.69, 9.17) is 21.1 Å². The van der Waals surface area contributed by atoms with Gasteiger partial charge in [-0.25, -0.2) is 4.21 Å². The molecule has 2 aromatic carbocycles. The van der Waals surface area contributed by atoms with Crippen LogP contribution in [0, 0.1) is 17.8 Å². The van der Waals surface area contributed by atoms with Crippen LogP contribution in [0.4, 0.5) is 5.69 Å². The van der Waals surface area contributed by atoms with Crippen LogP contribution in [-0.4, -0.2) is 72.7 Å². The van der Waals surface area contributed by atoms with Crippen molar-refractivity contribution in [3.63, 3.8) is 0 Å². The molecule has 2 aliphatic heterocycles. The van der Waals surface area contributed by atoms with Crippen LogP contribution in [-0.2, 0) is 32.4 Å². The van der Waals surface area contributed by atoms with Crippen molar-refractivity contribution >= 4 is 40.1 Å². The van der Waals surface area contributed by atoms with Crippen LogP contribution in [0.2, 0.25) is 5.02 Å². The number of ether oxygens (including phenoxy) is 2. The Hall–Kier alpha value is -2.88. The van der Waals surface area contributed by atoms with Gasteiger partial charge in [0.2, 0.25) is 0 Å². The largest absolute Gasteiger partial charge is 0.490 e. The molecular weight excluding hydrogens is 622 g/mol. The van der Waals surface area contributed by atoms with Gasteiger partial charge < -0.3 is 19.3 Å². The van der Waals surface area contributed by atoms with Crippen molar-refractivity contribution in [2.24, 2.45) is 17.8 Å². The van der Waals surface area contributed by atoms with Gasteiger partial charge >= 0.3 is 0 Å². The number of anilines is 1. The third-order valence-electron chi connectivity index (χ3n) is 11.0. The number of methoxy groups -OCH3 is 1. The average Bonchev–Trinajstić information content (AvgIpc) is 3.17. The molecule has 46 heavy (non-hydrogen) atoms. The first kappa shape index (κ1) is 33.0. The highest BCUT2D eigenvalue weighted by Crippen LogP contribution is 2.49. The Labute approximate surface area is 280 Å². The number of benzene rings is 2. The number of carbonyl (C=O) groups is 2. The number of hydrogen-bond donors (Lipinski definition) is 1. The monoisotopic (exact) mass is 667 g/mol. The van der Waals surface area contributed by atoms with Gasteiger partial charge in [0.25, 0.3) is 11.8 Å². The lowest BCUT2D eigenvalue weighted by molar-refractivity contribution is -0.160. The molecule has 0 aromatic heterocycles. The van der Waals surface area contributed by atoms with Crippen LogP contribution < -0.4 is 14.4 Å². The SMILES string of the molecule is COC1(C(=O)N(C)C)/C=C/CC(C)C(C)S(=O)NC(=O)c2ccc3c(c2)N(CC2CCC21)C[C@@]1(CCCc2cc(Cl)ccc21)CO3. The summed E-state index contributed by atoms with van der Waals surface area (Å²) in [4.78, 5) is 31.4. The van der Waals surface area contributed by atoms with Gasteiger partial charge in [-0.1, -0.05) is 30.7 Å². The zero-order valence-corrected chi connectivity index (χ0v) is 29.1. The number of nitrogens with one attached hydrogen (secondary N) is 1.